The predicted octanol–water partition coefficient (Wildman–Crippen LogP) is 5.43. The lowest BCUT2D eigenvalue weighted by Gasteiger charge is -2.45. The summed E-state index contributed by atoms with van der Waals surface area (Å²) in [4.78, 5) is 29.1. The molecule has 0 radical (unpaired) electrons. The fourth-order valence-electron chi connectivity index (χ4n) is 7.99. The summed E-state index contributed by atoms with van der Waals surface area (Å²) in [5.74, 6) is -1.88. The van der Waals surface area contributed by atoms with Gasteiger partial charge in [-0.3, -0.25) is 14.5 Å². The summed E-state index contributed by atoms with van der Waals surface area (Å²) in [5.41, 5.74) is 2.08. The highest BCUT2D eigenvalue weighted by Gasteiger charge is 2.58. The first-order chi connectivity index (χ1) is 22.0. The molecule has 2 aliphatic heterocycles. The first-order valence-corrected chi connectivity index (χ1v) is 18.4. The van der Waals surface area contributed by atoms with E-state index < -0.39 is 39.3 Å². The zero-order valence-corrected chi connectivity index (χ0v) is 28.5. The van der Waals surface area contributed by atoms with Gasteiger partial charge >= 0.3 is 7.12 Å². The van der Waals surface area contributed by atoms with E-state index >= 15 is 0 Å². The molecule has 0 unspecified atom stereocenters. The van der Waals surface area contributed by atoms with Crippen molar-refractivity contribution >= 4 is 49.2 Å². The average molecular weight is 658 g/mol. The molecule has 2 heterocycles. The quantitative estimate of drug-likeness (QED) is 0.248. The summed E-state index contributed by atoms with van der Waals surface area (Å²) in [5, 5.41) is 23.9. The normalized spacial score (nSPS) is 23.5. The number of rotatable bonds is 8. The van der Waals surface area contributed by atoms with E-state index in [0.717, 1.165) is 15.9 Å². The number of aromatic hydroxyl groups is 1. The van der Waals surface area contributed by atoms with Crippen LogP contribution in [0.2, 0.25) is 10.1 Å². The van der Waals surface area contributed by atoms with Crippen LogP contribution >= 0.6 is 11.6 Å². The smallest absolute Gasteiger partial charge is 0.487 e. The van der Waals surface area contributed by atoms with Gasteiger partial charge in [0.15, 0.2) is 0 Å². The highest BCUT2D eigenvalue weighted by Crippen LogP contribution is 2.52. The Labute approximate surface area is 277 Å². The number of imide groups is 1. The first-order valence-electron chi connectivity index (χ1n) is 16.1. The minimum atomic E-state index is -2.94. The third-order valence-electron chi connectivity index (χ3n) is 9.96. The highest BCUT2D eigenvalue weighted by atomic mass is 35.5. The van der Waals surface area contributed by atoms with Crippen molar-refractivity contribution in [3.63, 3.8) is 0 Å². The van der Waals surface area contributed by atoms with E-state index in [1.807, 2.05) is 43.3 Å². The average Bonchev–Trinajstić information content (AvgIpc) is 3.26. The molecular weight excluding hydrogens is 617 g/mol. The third kappa shape index (κ3) is 5.56. The monoisotopic (exact) mass is 657 g/mol. The van der Waals surface area contributed by atoms with Gasteiger partial charge in [-0.1, -0.05) is 106 Å². The van der Waals surface area contributed by atoms with Crippen LogP contribution in [-0.4, -0.2) is 55.4 Å². The Morgan fingerprint density at radius 1 is 0.978 bits per heavy atom. The molecule has 2 amide bonds. The van der Waals surface area contributed by atoms with Crippen LogP contribution < -0.4 is 10.4 Å². The van der Waals surface area contributed by atoms with Crippen molar-refractivity contribution in [1.29, 1.82) is 0 Å². The second-order valence-electron chi connectivity index (χ2n) is 13.7. The number of hydrogen-bond donors (Lipinski definition) is 2. The molecule has 3 aromatic rings. The Balaban J connectivity index is 1.44. The Morgan fingerprint density at radius 2 is 1.61 bits per heavy atom. The fraction of sp³-hybridized carbons (Fsp3) is 0.389. The molecule has 3 aromatic carbocycles. The zero-order chi connectivity index (χ0) is 32.8. The topological polar surface area (TPSA) is 96.3 Å². The lowest BCUT2D eigenvalue weighted by molar-refractivity contribution is -0.140. The SMILES string of the molecule is CCCN1C(=O)[C@H]2[C@H](CC(CO[Si](c3ccccc3)(c3ccccc3)C(C)(C)C)=C3B(O)O[C@H](c4ccc(O)cc4Cl)C[C@H]32)C1=O. The summed E-state index contributed by atoms with van der Waals surface area (Å²) in [7, 11) is -4.25. The lowest BCUT2D eigenvalue weighted by Crippen LogP contribution is -2.66. The van der Waals surface area contributed by atoms with Gasteiger partial charge in [0, 0.05) is 11.6 Å². The van der Waals surface area contributed by atoms with E-state index in [1.54, 1.807) is 6.07 Å². The zero-order valence-electron chi connectivity index (χ0n) is 26.8. The predicted molar refractivity (Wildman–Crippen MR) is 182 cm³/mol. The molecule has 0 bridgehead atoms. The molecule has 0 saturated carbocycles. The number of phenols is 1. The van der Waals surface area contributed by atoms with Crippen LogP contribution in [0.15, 0.2) is 89.9 Å². The van der Waals surface area contributed by atoms with Crippen LogP contribution in [-0.2, 0) is 18.7 Å². The standard InChI is InChI=1S/C36H41BClNO6Si/c1-5-18-39-34(41)29-19-23(22-44-46(36(2,3)4,25-12-8-6-9-13-25)26-14-10-7-11-15-26)33-28(32(29)35(39)42)21-31(45-37(33)43)27-17-16-24(40)20-30(27)38/h6-17,20,28-29,31-32,40,43H,5,18-19,21-22H2,1-4H3/t28-,29-,31-,32+/m0/s1. The largest absolute Gasteiger partial charge is 0.508 e. The van der Waals surface area contributed by atoms with Gasteiger partial charge in [0.05, 0.1) is 24.5 Å². The lowest BCUT2D eigenvalue weighted by atomic mass is 9.55. The van der Waals surface area contributed by atoms with Crippen LogP contribution in [0.1, 0.15) is 58.6 Å². The van der Waals surface area contributed by atoms with Gasteiger partial charge in [-0.2, -0.15) is 0 Å². The van der Waals surface area contributed by atoms with E-state index in [4.69, 9.17) is 20.7 Å². The number of carbonyl (C=O) groups is 2. The number of carbonyl (C=O) groups excluding carboxylic acids is 2. The molecule has 2 fully saturated rings. The maximum Gasteiger partial charge on any atom is 0.487 e. The first kappa shape index (κ1) is 32.7. The maximum absolute atomic E-state index is 13.9. The number of fused-ring (bicyclic) bond motifs is 3. The van der Waals surface area contributed by atoms with Crippen molar-refractivity contribution in [2.45, 2.75) is 58.1 Å². The van der Waals surface area contributed by atoms with Crippen LogP contribution in [0.25, 0.3) is 0 Å². The Bertz CT molecular complexity index is 1610. The van der Waals surface area contributed by atoms with Crippen molar-refractivity contribution in [1.82, 2.24) is 4.90 Å². The number of likely N-dealkylation sites (tertiary alicyclic amines) is 1. The van der Waals surface area contributed by atoms with E-state index in [0.29, 0.717) is 41.9 Å². The molecule has 2 saturated heterocycles. The molecule has 6 rings (SSSR count). The number of hydrogen-bond acceptors (Lipinski definition) is 6. The van der Waals surface area contributed by atoms with Crippen LogP contribution in [0.3, 0.4) is 0 Å². The van der Waals surface area contributed by atoms with E-state index in [-0.39, 0.29) is 29.2 Å². The third-order valence-corrected chi connectivity index (χ3v) is 15.3. The molecular formula is C36H41BClNO6Si. The molecule has 0 spiro atoms. The van der Waals surface area contributed by atoms with Crippen molar-refractivity contribution in [2.24, 2.45) is 17.8 Å². The minimum absolute atomic E-state index is 0.0259. The maximum atomic E-state index is 13.9. The van der Waals surface area contributed by atoms with E-state index in [2.05, 4.69) is 45.0 Å². The van der Waals surface area contributed by atoms with Gasteiger partial charge in [-0.25, -0.2) is 0 Å². The molecule has 1 aliphatic carbocycles. The molecule has 0 aromatic heterocycles. The number of phenolic OH excluding ortho intramolecular Hbond substituents is 1. The second kappa shape index (κ2) is 12.8. The van der Waals surface area contributed by atoms with Gasteiger partial charge in [0.1, 0.15) is 5.75 Å². The minimum Gasteiger partial charge on any atom is -0.508 e. The summed E-state index contributed by atoms with van der Waals surface area (Å²) >= 11 is 6.52. The van der Waals surface area contributed by atoms with E-state index in [1.165, 1.54) is 17.0 Å². The molecule has 4 atom stereocenters. The molecule has 46 heavy (non-hydrogen) atoms. The fourth-order valence-corrected chi connectivity index (χ4v) is 12.8. The van der Waals surface area contributed by atoms with Crippen molar-refractivity contribution in [3.05, 3.63) is 100 Å². The highest BCUT2D eigenvalue weighted by molar-refractivity contribution is 6.99. The number of nitrogens with zero attached hydrogens (tertiary/aromatic N) is 1. The molecule has 7 nitrogen and oxygen atoms in total. The number of amides is 2. The summed E-state index contributed by atoms with van der Waals surface area (Å²) in [6.45, 7) is 9.15. The summed E-state index contributed by atoms with van der Waals surface area (Å²) in [6.07, 6.45) is 0.727. The Kier molecular flexibility index (Phi) is 9.08. The Morgan fingerprint density at radius 3 is 2.17 bits per heavy atom. The van der Waals surface area contributed by atoms with Crippen molar-refractivity contribution in [2.75, 3.05) is 13.2 Å². The Hall–Kier alpha value is -3.21. The van der Waals surface area contributed by atoms with Crippen LogP contribution in [0, 0.1) is 17.8 Å². The van der Waals surface area contributed by atoms with Gasteiger partial charge in [0.2, 0.25) is 11.8 Å². The molecule has 10 heteroatoms. The summed E-state index contributed by atoms with van der Waals surface area (Å²) < 4.78 is 13.5. The summed E-state index contributed by atoms with van der Waals surface area (Å²) in [6, 6.07) is 25.3. The van der Waals surface area contributed by atoms with E-state index in [9.17, 15) is 19.7 Å². The number of allylic oxidation sites excluding steroid dienone is 1. The van der Waals surface area contributed by atoms with Gasteiger partial charge in [-0.15, -0.1) is 0 Å². The van der Waals surface area contributed by atoms with Crippen LogP contribution in [0.4, 0.5) is 0 Å². The number of benzene rings is 3. The van der Waals surface area contributed by atoms with Crippen LogP contribution in [0.5, 0.6) is 5.75 Å². The van der Waals surface area contributed by atoms with Gasteiger partial charge < -0.3 is 19.2 Å². The van der Waals surface area contributed by atoms with Gasteiger partial charge in [-0.05, 0) is 69.3 Å². The second-order valence-corrected chi connectivity index (χ2v) is 18.4. The molecule has 2 N–H and O–H groups in total. The van der Waals surface area contributed by atoms with Gasteiger partial charge in [0.25, 0.3) is 8.32 Å². The molecule has 3 aliphatic rings. The number of halogens is 1. The van der Waals surface area contributed by atoms with Crippen molar-refractivity contribution < 1.29 is 28.8 Å². The molecule has 240 valence electrons. The van der Waals surface area contributed by atoms with Crippen molar-refractivity contribution in [3.8, 4) is 5.75 Å².